The predicted molar refractivity (Wildman–Crippen MR) is 53.1 cm³/mol. The lowest BCUT2D eigenvalue weighted by molar-refractivity contribution is -0.402. The largest absolute Gasteiger partial charge is 0.433 e. The third-order valence-electron chi connectivity index (χ3n) is 1.36. The van der Waals surface area contributed by atoms with Gasteiger partial charge in [0, 0.05) is 5.34 Å². The Morgan fingerprint density at radius 2 is 2.35 bits per heavy atom. The third kappa shape index (κ3) is 4.25. The summed E-state index contributed by atoms with van der Waals surface area (Å²) in [4.78, 5) is 9.56. The maximum atomic E-state index is 10.3. The number of hydrogen-bond acceptors (Lipinski definition) is 8. The molecule has 11 heteroatoms. The highest BCUT2D eigenvalue weighted by Crippen LogP contribution is 2.13. The number of hydrazine groups is 1. The molecule has 0 aliphatic heterocycles. The molecule has 92 valence electrons. The zero-order chi connectivity index (χ0) is 12.8. The normalized spacial score (nSPS) is 12.3. The van der Waals surface area contributed by atoms with E-state index < -0.39 is 22.1 Å². The van der Waals surface area contributed by atoms with E-state index in [1.54, 1.807) is 5.43 Å². The second kappa shape index (κ2) is 5.55. The van der Waals surface area contributed by atoms with Crippen LogP contribution in [0.4, 0.5) is 5.88 Å². The summed E-state index contributed by atoms with van der Waals surface area (Å²) in [5, 5.41) is 33.1. The molecule has 0 atom stereocenters. The van der Waals surface area contributed by atoms with Gasteiger partial charge in [-0.15, -0.1) is 5.10 Å². The van der Waals surface area contributed by atoms with E-state index in [0.29, 0.717) is 0 Å². The van der Waals surface area contributed by atoms with Gasteiger partial charge < -0.3 is 10.2 Å². The molecule has 0 aliphatic rings. The van der Waals surface area contributed by atoms with Gasteiger partial charge in [0.25, 0.3) is 0 Å². The molecule has 0 amide bonds. The summed E-state index contributed by atoms with van der Waals surface area (Å²) in [6.07, 6.45) is 1.06. The van der Waals surface area contributed by atoms with Crippen molar-refractivity contribution < 1.29 is 19.8 Å². The maximum absolute atomic E-state index is 10.3. The molecule has 11 nitrogen and oxygen atoms in total. The quantitative estimate of drug-likeness (QED) is 0.236. The molecule has 5 N–H and O–H groups in total. The van der Waals surface area contributed by atoms with Crippen LogP contribution in [0, 0.1) is 10.1 Å². The molecule has 0 aliphatic carbocycles. The molecule has 0 radical (unpaired) electrons. The molecule has 1 heterocycles. The van der Waals surface area contributed by atoms with Crippen LogP contribution in [0.2, 0.25) is 0 Å². The molecular formula is C6H8N6O5. The first-order chi connectivity index (χ1) is 7.99. The average molecular weight is 244 g/mol. The van der Waals surface area contributed by atoms with E-state index in [-0.39, 0.29) is 5.76 Å². The van der Waals surface area contributed by atoms with Gasteiger partial charge in [-0.3, -0.25) is 20.5 Å². The van der Waals surface area contributed by atoms with Crippen LogP contribution in [0.5, 0.6) is 0 Å². The van der Waals surface area contributed by atoms with Crippen LogP contribution in [0.15, 0.2) is 26.8 Å². The molecule has 1 rings (SSSR count). The van der Waals surface area contributed by atoms with Gasteiger partial charge in [-0.2, -0.15) is 5.10 Å². The van der Waals surface area contributed by atoms with Crippen LogP contribution < -0.4 is 11.2 Å². The van der Waals surface area contributed by atoms with Crippen LogP contribution in [0.3, 0.4) is 0 Å². The first-order valence-electron chi connectivity index (χ1n) is 4.04. The summed E-state index contributed by atoms with van der Waals surface area (Å²) in [5.74, 6) is -0.746. The monoisotopic (exact) mass is 244 g/mol. The Bertz CT molecular complexity index is 452. The van der Waals surface area contributed by atoms with Crippen molar-refractivity contribution in [1.29, 1.82) is 0 Å². The second-order valence-corrected chi connectivity index (χ2v) is 2.56. The zero-order valence-electron chi connectivity index (χ0n) is 8.22. The first kappa shape index (κ1) is 12.6. The van der Waals surface area contributed by atoms with E-state index in [4.69, 9.17) is 20.6 Å². The fourth-order valence-corrected chi connectivity index (χ4v) is 0.783. The number of guanidine groups is 1. The summed E-state index contributed by atoms with van der Waals surface area (Å²) >= 11 is 0. The van der Waals surface area contributed by atoms with Gasteiger partial charge in [0.1, 0.15) is 4.92 Å². The predicted octanol–water partition coefficient (Wildman–Crippen LogP) is -0.579. The van der Waals surface area contributed by atoms with Gasteiger partial charge in [0.15, 0.2) is 5.76 Å². The molecule has 0 saturated carbocycles. The van der Waals surface area contributed by atoms with Crippen molar-refractivity contribution in [2.45, 2.75) is 0 Å². The Morgan fingerprint density at radius 3 is 2.88 bits per heavy atom. The number of nitrogens with one attached hydrogen (secondary N) is 1. The van der Waals surface area contributed by atoms with Gasteiger partial charge in [-0.25, -0.2) is 5.43 Å². The minimum atomic E-state index is -0.702. The Kier molecular flexibility index (Phi) is 4.10. The molecule has 0 fully saturated rings. The van der Waals surface area contributed by atoms with Crippen molar-refractivity contribution in [2.24, 2.45) is 15.9 Å². The standard InChI is InChI=1S/C6H8N6O5/c7-6(10-12(15)16)9-8-3-4-1-2-5(17-4)11(13)14/h1-3,15-16H,(H3,7,9,10). The number of rotatable bonds is 4. The zero-order valence-corrected chi connectivity index (χ0v) is 8.22. The molecule has 1 aromatic heterocycles. The van der Waals surface area contributed by atoms with E-state index in [0.717, 1.165) is 12.3 Å². The highest BCUT2D eigenvalue weighted by atomic mass is 16.8. The van der Waals surface area contributed by atoms with Crippen molar-refractivity contribution in [3.63, 3.8) is 0 Å². The number of furan rings is 1. The average Bonchev–Trinajstić information content (AvgIpc) is 2.65. The summed E-state index contributed by atoms with van der Waals surface area (Å²) in [6.45, 7) is 0. The lowest BCUT2D eigenvalue weighted by atomic mass is 10.5. The van der Waals surface area contributed by atoms with Gasteiger partial charge >= 0.3 is 5.88 Å². The van der Waals surface area contributed by atoms with E-state index >= 15 is 0 Å². The molecule has 17 heavy (non-hydrogen) atoms. The van der Waals surface area contributed by atoms with E-state index in [9.17, 15) is 10.1 Å². The topological polar surface area (TPSA) is 163 Å². The molecule has 0 bridgehead atoms. The van der Waals surface area contributed by atoms with Crippen molar-refractivity contribution in [2.75, 3.05) is 0 Å². The minimum absolute atomic E-state index is 0.0955. The Morgan fingerprint density at radius 1 is 1.65 bits per heavy atom. The van der Waals surface area contributed by atoms with Crippen molar-refractivity contribution in [3.05, 3.63) is 28.0 Å². The number of nitro groups is 1. The van der Waals surface area contributed by atoms with Crippen molar-refractivity contribution in [3.8, 4) is 0 Å². The minimum Gasteiger partial charge on any atom is -0.400 e. The van der Waals surface area contributed by atoms with Crippen LogP contribution in [0.1, 0.15) is 5.76 Å². The van der Waals surface area contributed by atoms with Crippen LogP contribution in [-0.2, 0) is 0 Å². The lowest BCUT2D eigenvalue weighted by Gasteiger charge is -2.05. The number of hydrogen-bond donors (Lipinski definition) is 4. The van der Waals surface area contributed by atoms with Crippen molar-refractivity contribution in [1.82, 2.24) is 10.8 Å². The van der Waals surface area contributed by atoms with Crippen LogP contribution in [0.25, 0.3) is 0 Å². The van der Waals surface area contributed by atoms with Crippen LogP contribution in [-0.4, -0.2) is 32.8 Å². The Labute approximate surface area is 93.5 Å². The highest BCUT2D eigenvalue weighted by molar-refractivity contribution is 5.80. The third-order valence-corrected chi connectivity index (χ3v) is 1.36. The van der Waals surface area contributed by atoms with Crippen molar-refractivity contribution >= 4 is 18.1 Å². The molecule has 1 aromatic rings. The van der Waals surface area contributed by atoms with Gasteiger partial charge in [0.2, 0.25) is 5.96 Å². The van der Waals surface area contributed by atoms with E-state index in [1.807, 2.05) is 0 Å². The Hall–Kier alpha value is -2.50. The number of nitrogens with two attached hydrogens (primary N) is 1. The maximum Gasteiger partial charge on any atom is 0.433 e. The van der Waals surface area contributed by atoms with Gasteiger partial charge in [0.05, 0.1) is 12.3 Å². The molecule has 0 unspecified atom stereocenters. The van der Waals surface area contributed by atoms with Gasteiger partial charge in [-0.05, 0) is 6.07 Å². The first-order valence-corrected chi connectivity index (χ1v) is 4.04. The molecule has 0 spiro atoms. The summed E-state index contributed by atoms with van der Waals surface area (Å²) < 4.78 is 4.72. The fourth-order valence-electron chi connectivity index (χ4n) is 0.783. The smallest absolute Gasteiger partial charge is 0.400 e. The second-order valence-electron chi connectivity index (χ2n) is 2.56. The number of nitrogens with zero attached hydrogens (tertiary/aromatic N) is 4. The van der Waals surface area contributed by atoms with E-state index in [2.05, 4.69) is 10.2 Å². The SMILES string of the molecule is NC(=NN=Cc1ccc([N+](=O)[O-])o1)NN(O)O. The summed E-state index contributed by atoms with van der Waals surface area (Å²) in [6, 6.07) is 2.46. The van der Waals surface area contributed by atoms with E-state index in [1.165, 1.54) is 6.07 Å². The summed E-state index contributed by atoms with van der Waals surface area (Å²) in [5.41, 5.74) is 6.89. The molecular weight excluding hydrogens is 236 g/mol. The molecule has 0 saturated heterocycles. The fraction of sp³-hybridized carbons (Fsp3) is 0. The lowest BCUT2D eigenvalue weighted by Crippen LogP contribution is -2.41. The van der Waals surface area contributed by atoms with Crippen LogP contribution >= 0.6 is 0 Å². The van der Waals surface area contributed by atoms with Gasteiger partial charge in [-0.1, -0.05) is 0 Å². The highest BCUT2D eigenvalue weighted by Gasteiger charge is 2.09. The summed E-state index contributed by atoms with van der Waals surface area (Å²) in [7, 11) is 0. The Balaban J connectivity index is 2.61. The molecule has 0 aromatic carbocycles.